The lowest BCUT2D eigenvalue weighted by molar-refractivity contribution is -0.116. The molecule has 0 aromatic heterocycles. The number of hydrogen-bond acceptors (Lipinski definition) is 2. The largest absolute Gasteiger partial charge is 0.353 e. The first-order valence-corrected chi connectivity index (χ1v) is 6.29. The van der Waals surface area contributed by atoms with Crippen molar-refractivity contribution in [2.75, 3.05) is 26.7 Å². The Hall–Kier alpha value is -0.830. The highest BCUT2D eigenvalue weighted by Gasteiger charge is 1.98. The molecular weight excluding hydrogens is 200 g/mol. The van der Waals surface area contributed by atoms with Crippen molar-refractivity contribution < 1.29 is 4.79 Å². The summed E-state index contributed by atoms with van der Waals surface area (Å²) in [6, 6.07) is 0. The molecule has 3 heteroatoms. The average molecular weight is 226 g/mol. The highest BCUT2D eigenvalue weighted by molar-refractivity contribution is 5.86. The third kappa shape index (κ3) is 9.71. The van der Waals surface area contributed by atoms with Crippen molar-refractivity contribution in [2.24, 2.45) is 0 Å². The Morgan fingerprint density at radius 2 is 1.94 bits per heavy atom. The number of rotatable bonds is 10. The van der Waals surface area contributed by atoms with Crippen LogP contribution in [0, 0.1) is 0 Å². The van der Waals surface area contributed by atoms with E-state index in [2.05, 4.69) is 30.8 Å². The van der Waals surface area contributed by atoms with E-state index in [0.29, 0.717) is 0 Å². The van der Waals surface area contributed by atoms with Crippen LogP contribution in [-0.4, -0.2) is 37.5 Å². The zero-order valence-electron chi connectivity index (χ0n) is 10.8. The van der Waals surface area contributed by atoms with Crippen LogP contribution in [0.3, 0.4) is 0 Å². The van der Waals surface area contributed by atoms with Gasteiger partial charge in [0, 0.05) is 6.54 Å². The van der Waals surface area contributed by atoms with Gasteiger partial charge in [0.15, 0.2) is 0 Å². The second-order valence-corrected chi connectivity index (χ2v) is 4.21. The first kappa shape index (κ1) is 15.2. The summed E-state index contributed by atoms with van der Waals surface area (Å²) in [6.07, 6.45) is 7.55. The van der Waals surface area contributed by atoms with Gasteiger partial charge in [-0.15, -0.1) is 0 Å². The molecule has 0 saturated carbocycles. The minimum absolute atomic E-state index is 0.0781. The molecule has 0 saturated heterocycles. The highest BCUT2D eigenvalue weighted by Crippen LogP contribution is 2.00. The van der Waals surface area contributed by atoms with Gasteiger partial charge >= 0.3 is 0 Å². The molecule has 0 fully saturated rings. The van der Waals surface area contributed by atoms with Gasteiger partial charge in [0.25, 0.3) is 0 Å². The summed E-state index contributed by atoms with van der Waals surface area (Å²) in [5.74, 6) is -0.0781. The molecule has 0 aliphatic rings. The van der Waals surface area contributed by atoms with Crippen LogP contribution < -0.4 is 5.32 Å². The van der Waals surface area contributed by atoms with Crippen LogP contribution in [0.2, 0.25) is 0 Å². The third-order valence-corrected chi connectivity index (χ3v) is 2.59. The lowest BCUT2D eigenvalue weighted by Gasteiger charge is -2.16. The predicted octanol–water partition coefficient (Wildman–Crippen LogP) is 2.19. The van der Waals surface area contributed by atoms with E-state index in [1.807, 2.05) is 0 Å². The summed E-state index contributed by atoms with van der Waals surface area (Å²) < 4.78 is 0. The van der Waals surface area contributed by atoms with Crippen LogP contribution in [0.4, 0.5) is 0 Å². The second-order valence-electron chi connectivity index (χ2n) is 4.21. The van der Waals surface area contributed by atoms with Gasteiger partial charge in [0.1, 0.15) is 0 Å². The number of hydrogen-bond donors (Lipinski definition) is 1. The Morgan fingerprint density at radius 1 is 1.25 bits per heavy atom. The lowest BCUT2D eigenvalue weighted by atomic mass is 10.2. The van der Waals surface area contributed by atoms with E-state index < -0.39 is 0 Å². The molecule has 1 N–H and O–H groups in total. The maximum Gasteiger partial charge on any atom is 0.243 e. The van der Waals surface area contributed by atoms with Gasteiger partial charge < -0.3 is 10.2 Å². The number of unbranched alkanes of at least 4 members (excludes halogenated alkanes) is 3. The fourth-order valence-electron chi connectivity index (χ4n) is 1.55. The molecule has 0 rings (SSSR count). The number of nitrogens with zero attached hydrogens (tertiary/aromatic N) is 1. The summed E-state index contributed by atoms with van der Waals surface area (Å²) in [5, 5.41) is 2.78. The Kier molecular flexibility index (Phi) is 10.1. The van der Waals surface area contributed by atoms with E-state index in [1.165, 1.54) is 31.8 Å². The summed E-state index contributed by atoms with van der Waals surface area (Å²) in [4.78, 5) is 13.2. The molecule has 16 heavy (non-hydrogen) atoms. The lowest BCUT2D eigenvalue weighted by Crippen LogP contribution is -2.27. The van der Waals surface area contributed by atoms with Crippen LogP contribution in [0.25, 0.3) is 0 Å². The maximum atomic E-state index is 10.9. The van der Waals surface area contributed by atoms with Gasteiger partial charge in [-0.05, 0) is 39.1 Å². The first-order chi connectivity index (χ1) is 7.70. The second kappa shape index (κ2) is 10.7. The van der Waals surface area contributed by atoms with E-state index in [9.17, 15) is 4.79 Å². The van der Waals surface area contributed by atoms with Gasteiger partial charge in [-0.25, -0.2) is 0 Å². The van der Waals surface area contributed by atoms with Crippen molar-refractivity contribution in [1.29, 1.82) is 0 Å². The van der Waals surface area contributed by atoms with Crippen molar-refractivity contribution in [3.63, 3.8) is 0 Å². The monoisotopic (exact) mass is 226 g/mol. The van der Waals surface area contributed by atoms with Crippen LogP contribution in [0.1, 0.15) is 39.0 Å². The molecule has 0 aromatic carbocycles. The molecule has 0 aliphatic heterocycles. The molecule has 3 nitrogen and oxygen atoms in total. The Labute approximate surface area is 99.9 Å². The summed E-state index contributed by atoms with van der Waals surface area (Å²) in [7, 11) is 2.14. The first-order valence-electron chi connectivity index (χ1n) is 6.29. The van der Waals surface area contributed by atoms with Gasteiger partial charge in [-0.3, -0.25) is 4.79 Å². The molecule has 94 valence electrons. The zero-order chi connectivity index (χ0) is 12.2. The molecule has 0 radical (unpaired) electrons. The number of nitrogens with one attached hydrogen (secondary N) is 1. The summed E-state index contributed by atoms with van der Waals surface area (Å²) in [6.45, 7) is 8.59. The van der Waals surface area contributed by atoms with Crippen LogP contribution in [-0.2, 0) is 4.79 Å². The van der Waals surface area contributed by atoms with Crippen molar-refractivity contribution in [1.82, 2.24) is 10.2 Å². The molecule has 0 aliphatic carbocycles. The van der Waals surface area contributed by atoms with Crippen molar-refractivity contribution in [2.45, 2.75) is 39.0 Å². The Balaban J connectivity index is 3.26. The Bertz CT molecular complexity index is 192. The zero-order valence-corrected chi connectivity index (χ0v) is 10.8. The summed E-state index contributed by atoms with van der Waals surface area (Å²) in [5.41, 5.74) is 0. The van der Waals surface area contributed by atoms with Gasteiger partial charge in [-0.2, -0.15) is 0 Å². The van der Waals surface area contributed by atoms with Gasteiger partial charge in [0.05, 0.1) is 0 Å². The van der Waals surface area contributed by atoms with E-state index in [0.717, 1.165) is 26.1 Å². The molecule has 1 amide bonds. The molecule has 0 spiro atoms. The minimum Gasteiger partial charge on any atom is -0.353 e. The standard InChI is InChI=1S/C13H26N2O/c1-4-6-7-8-11-15(3)12-9-10-14-13(16)5-2/h5H,2,4,6-12H2,1,3H3,(H,14,16). The van der Waals surface area contributed by atoms with Gasteiger partial charge in [-0.1, -0.05) is 32.8 Å². The fourth-order valence-corrected chi connectivity index (χ4v) is 1.55. The number of carbonyl (C=O) groups is 1. The van der Waals surface area contributed by atoms with Crippen molar-refractivity contribution >= 4 is 5.91 Å². The van der Waals surface area contributed by atoms with E-state index in [-0.39, 0.29) is 5.91 Å². The molecule has 0 aromatic rings. The Morgan fingerprint density at radius 3 is 2.56 bits per heavy atom. The van der Waals surface area contributed by atoms with E-state index in [1.54, 1.807) is 0 Å². The number of carbonyl (C=O) groups excluding carboxylic acids is 1. The number of amides is 1. The maximum absolute atomic E-state index is 10.9. The molecule has 0 unspecified atom stereocenters. The molecule has 0 atom stereocenters. The van der Waals surface area contributed by atoms with Crippen molar-refractivity contribution in [3.05, 3.63) is 12.7 Å². The summed E-state index contributed by atoms with van der Waals surface area (Å²) >= 11 is 0. The van der Waals surface area contributed by atoms with Gasteiger partial charge in [0.2, 0.25) is 5.91 Å². The molecule has 0 heterocycles. The average Bonchev–Trinajstić information content (AvgIpc) is 2.30. The SMILES string of the molecule is C=CC(=O)NCCCN(C)CCCCCC. The minimum atomic E-state index is -0.0781. The van der Waals surface area contributed by atoms with Crippen LogP contribution >= 0.6 is 0 Å². The quantitative estimate of drug-likeness (QED) is 0.457. The topological polar surface area (TPSA) is 32.3 Å². The molecule has 0 bridgehead atoms. The molecular formula is C13H26N2O. The van der Waals surface area contributed by atoms with Crippen LogP contribution in [0.15, 0.2) is 12.7 Å². The van der Waals surface area contributed by atoms with Crippen molar-refractivity contribution in [3.8, 4) is 0 Å². The predicted molar refractivity (Wildman–Crippen MR) is 69.5 cm³/mol. The van der Waals surface area contributed by atoms with E-state index >= 15 is 0 Å². The fraction of sp³-hybridized carbons (Fsp3) is 0.769. The third-order valence-electron chi connectivity index (χ3n) is 2.59. The van der Waals surface area contributed by atoms with E-state index in [4.69, 9.17) is 0 Å². The normalized spacial score (nSPS) is 10.4. The smallest absolute Gasteiger partial charge is 0.243 e. The highest BCUT2D eigenvalue weighted by atomic mass is 16.1. The van der Waals surface area contributed by atoms with Crippen LogP contribution in [0.5, 0.6) is 0 Å².